The number of piperidine rings is 1. The van der Waals surface area contributed by atoms with Crippen LogP contribution < -0.4 is 0 Å². The van der Waals surface area contributed by atoms with Crippen molar-refractivity contribution in [1.29, 1.82) is 0 Å². The summed E-state index contributed by atoms with van der Waals surface area (Å²) < 4.78 is 0. The van der Waals surface area contributed by atoms with Crippen molar-refractivity contribution in [2.75, 3.05) is 19.6 Å². The number of hydrogen-bond acceptors (Lipinski definition) is 2. The summed E-state index contributed by atoms with van der Waals surface area (Å²) in [6.45, 7) is 9.71. The second-order valence-electron chi connectivity index (χ2n) is 7.43. The molecule has 0 aromatic rings. The van der Waals surface area contributed by atoms with Crippen LogP contribution in [0, 0.1) is 23.2 Å². The normalized spacial score (nSPS) is 41.1. The van der Waals surface area contributed by atoms with E-state index in [1.807, 2.05) is 0 Å². The molecule has 0 radical (unpaired) electrons. The van der Waals surface area contributed by atoms with E-state index in [1.54, 1.807) is 0 Å². The number of carbonyl (C=O) groups is 1. The van der Waals surface area contributed by atoms with Gasteiger partial charge in [-0.2, -0.15) is 0 Å². The van der Waals surface area contributed by atoms with Gasteiger partial charge in [-0.3, -0.25) is 4.79 Å². The average molecular weight is 267 g/mol. The van der Waals surface area contributed by atoms with Crippen LogP contribution >= 0.6 is 0 Å². The van der Waals surface area contributed by atoms with E-state index in [1.165, 1.54) is 12.8 Å². The predicted octanol–water partition coefficient (Wildman–Crippen LogP) is 3.25. The minimum absolute atomic E-state index is 0.478. The minimum Gasteiger partial charge on any atom is -0.481 e. The first-order valence-electron chi connectivity index (χ1n) is 7.87. The first kappa shape index (κ1) is 14.8. The van der Waals surface area contributed by atoms with Crippen LogP contribution in [0.1, 0.15) is 52.9 Å². The molecule has 19 heavy (non-hydrogen) atoms. The number of likely N-dealkylation sites (tertiary alicyclic amines) is 1. The number of nitrogens with zero attached hydrogens (tertiary/aromatic N) is 1. The molecule has 2 rings (SSSR count). The number of carboxylic acid groups (broad SMARTS) is 1. The highest BCUT2D eigenvalue weighted by atomic mass is 16.4. The summed E-state index contributed by atoms with van der Waals surface area (Å²) >= 11 is 0. The van der Waals surface area contributed by atoms with E-state index in [0.29, 0.717) is 17.8 Å². The highest BCUT2D eigenvalue weighted by Crippen LogP contribution is 2.41. The standard InChI is InChI=1S/C16H29NO2/c1-12-5-4-6-16(8-12,15(18)19)11-17-9-13(2)7-14(3)10-17/h12-14H,4-11H2,1-3H3,(H,18,19). The highest BCUT2D eigenvalue weighted by Gasteiger charge is 2.43. The molecular weight excluding hydrogens is 238 g/mol. The van der Waals surface area contributed by atoms with Gasteiger partial charge in [-0.1, -0.05) is 33.6 Å². The van der Waals surface area contributed by atoms with Crippen molar-refractivity contribution < 1.29 is 9.90 Å². The molecule has 110 valence electrons. The van der Waals surface area contributed by atoms with Crippen LogP contribution in [-0.4, -0.2) is 35.6 Å². The summed E-state index contributed by atoms with van der Waals surface area (Å²) in [6.07, 6.45) is 5.29. The van der Waals surface area contributed by atoms with Crippen molar-refractivity contribution in [3.05, 3.63) is 0 Å². The van der Waals surface area contributed by atoms with E-state index < -0.39 is 11.4 Å². The molecule has 3 nitrogen and oxygen atoms in total. The van der Waals surface area contributed by atoms with Gasteiger partial charge in [-0.25, -0.2) is 0 Å². The van der Waals surface area contributed by atoms with Gasteiger partial charge in [0, 0.05) is 19.6 Å². The molecule has 0 spiro atoms. The fraction of sp³-hybridized carbons (Fsp3) is 0.938. The summed E-state index contributed by atoms with van der Waals surface area (Å²) in [4.78, 5) is 14.3. The van der Waals surface area contributed by atoms with E-state index >= 15 is 0 Å². The van der Waals surface area contributed by atoms with Crippen LogP contribution in [0.3, 0.4) is 0 Å². The smallest absolute Gasteiger partial charge is 0.310 e. The molecule has 2 fully saturated rings. The fourth-order valence-electron chi connectivity index (χ4n) is 4.41. The maximum atomic E-state index is 11.8. The summed E-state index contributed by atoms with van der Waals surface area (Å²) in [5, 5.41) is 9.74. The number of rotatable bonds is 3. The quantitative estimate of drug-likeness (QED) is 0.853. The Bertz CT molecular complexity index is 321. The molecule has 1 aliphatic carbocycles. The van der Waals surface area contributed by atoms with E-state index in [9.17, 15) is 9.90 Å². The molecule has 3 heteroatoms. The van der Waals surface area contributed by atoms with Crippen LogP contribution in [0.25, 0.3) is 0 Å². The lowest BCUT2D eigenvalue weighted by Gasteiger charge is -2.43. The molecule has 1 N–H and O–H groups in total. The van der Waals surface area contributed by atoms with E-state index in [-0.39, 0.29) is 0 Å². The Labute approximate surface area is 117 Å². The van der Waals surface area contributed by atoms with Crippen LogP contribution in [0.4, 0.5) is 0 Å². The van der Waals surface area contributed by atoms with Gasteiger partial charge in [0.15, 0.2) is 0 Å². The molecule has 0 aromatic heterocycles. The summed E-state index contributed by atoms with van der Waals surface area (Å²) in [6, 6.07) is 0. The molecule has 0 amide bonds. The van der Waals surface area contributed by atoms with Crippen molar-refractivity contribution in [3.63, 3.8) is 0 Å². The van der Waals surface area contributed by atoms with Crippen molar-refractivity contribution in [2.45, 2.75) is 52.9 Å². The topological polar surface area (TPSA) is 40.5 Å². The lowest BCUT2D eigenvalue weighted by molar-refractivity contribution is -0.154. The van der Waals surface area contributed by atoms with Gasteiger partial charge in [0.1, 0.15) is 0 Å². The zero-order valence-electron chi connectivity index (χ0n) is 12.7. The third-order valence-electron chi connectivity index (χ3n) is 5.02. The largest absolute Gasteiger partial charge is 0.481 e. The minimum atomic E-state index is -0.565. The first-order valence-corrected chi connectivity index (χ1v) is 7.87. The van der Waals surface area contributed by atoms with E-state index in [2.05, 4.69) is 25.7 Å². The van der Waals surface area contributed by atoms with Gasteiger partial charge in [0.2, 0.25) is 0 Å². The Hall–Kier alpha value is -0.570. The molecule has 0 bridgehead atoms. The molecule has 4 unspecified atom stereocenters. The van der Waals surface area contributed by atoms with Crippen molar-refractivity contribution >= 4 is 5.97 Å². The third-order valence-corrected chi connectivity index (χ3v) is 5.02. The Morgan fingerprint density at radius 1 is 1.21 bits per heavy atom. The molecule has 1 saturated carbocycles. The van der Waals surface area contributed by atoms with Gasteiger partial charge in [-0.15, -0.1) is 0 Å². The molecular formula is C16H29NO2. The Morgan fingerprint density at radius 3 is 2.37 bits per heavy atom. The van der Waals surface area contributed by atoms with Gasteiger partial charge in [0.05, 0.1) is 5.41 Å². The second-order valence-corrected chi connectivity index (χ2v) is 7.43. The molecule has 2 aliphatic rings. The van der Waals surface area contributed by atoms with E-state index in [4.69, 9.17) is 0 Å². The summed E-state index contributed by atoms with van der Waals surface area (Å²) in [7, 11) is 0. The lowest BCUT2D eigenvalue weighted by Crippen LogP contribution is -2.49. The SMILES string of the molecule is CC1CC(C)CN(CC2(C(=O)O)CCCC(C)C2)C1. The van der Waals surface area contributed by atoms with Crippen LogP contribution in [-0.2, 0) is 4.79 Å². The first-order chi connectivity index (χ1) is 8.91. The van der Waals surface area contributed by atoms with Gasteiger partial charge >= 0.3 is 5.97 Å². The lowest BCUT2D eigenvalue weighted by atomic mass is 9.69. The zero-order chi connectivity index (χ0) is 14.0. The number of hydrogen-bond donors (Lipinski definition) is 1. The second kappa shape index (κ2) is 5.82. The molecule has 1 heterocycles. The third kappa shape index (κ3) is 3.50. The van der Waals surface area contributed by atoms with Crippen molar-refractivity contribution in [2.24, 2.45) is 23.2 Å². The molecule has 1 aliphatic heterocycles. The Balaban J connectivity index is 2.06. The zero-order valence-corrected chi connectivity index (χ0v) is 12.7. The Kier molecular flexibility index (Phi) is 4.54. The number of carboxylic acids is 1. The molecule has 1 saturated heterocycles. The maximum Gasteiger partial charge on any atom is 0.310 e. The monoisotopic (exact) mass is 267 g/mol. The van der Waals surface area contributed by atoms with Gasteiger partial charge in [-0.05, 0) is 37.0 Å². The van der Waals surface area contributed by atoms with Crippen LogP contribution in [0.15, 0.2) is 0 Å². The van der Waals surface area contributed by atoms with E-state index in [0.717, 1.165) is 38.9 Å². The Morgan fingerprint density at radius 2 is 1.84 bits per heavy atom. The van der Waals surface area contributed by atoms with Crippen molar-refractivity contribution in [3.8, 4) is 0 Å². The van der Waals surface area contributed by atoms with Gasteiger partial charge in [0.25, 0.3) is 0 Å². The van der Waals surface area contributed by atoms with Gasteiger partial charge < -0.3 is 10.0 Å². The maximum absolute atomic E-state index is 11.8. The highest BCUT2D eigenvalue weighted by molar-refractivity contribution is 5.75. The molecule has 0 aromatic carbocycles. The summed E-state index contributed by atoms with van der Waals surface area (Å²) in [5.74, 6) is 1.40. The van der Waals surface area contributed by atoms with Crippen LogP contribution in [0.5, 0.6) is 0 Å². The predicted molar refractivity (Wildman–Crippen MR) is 77.1 cm³/mol. The van der Waals surface area contributed by atoms with Crippen LogP contribution in [0.2, 0.25) is 0 Å². The molecule has 4 atom stereocenters. The fourth-order valence-corrected chi connectivity index (χ4v) is 4.41. The summed E-state index contributed by atoms with van der Waals surface area (Å²) in [5.41, 5.74) is -0.478. The average Bonchev–Trinajstić information content (AvgIpc) is 2.26. The van der Waals surface area contributed by atoms with Crippen molar-refractivity contribution in [1.82, 2.24) is 4.90 Å². The number of aliphatic carboxylic acids is 1.